The second kappa shape index (κ2) is 10.1. The van der Waals surface area contributed by atoms with Crippen molar-refractivity contribution in [2.24, 2.45) is 5.92 Å². The topological polar surface area (TPSA) is 125 Å². The Labute approximate surface area is 196 Å². The second-order valence-corrected chi connectivity index (χ2v) is 8.13. The molecule has 3 aromatic rings. The summed E-state index contributed by atoms with van der Waals surface area (Å²) >= 11 is 0. The zero-order valence-electron chi connectivity index (χ0n) is 18.7. The van der Waals surface area contributed by atoms with Gasteiger partial charge in [-0.25, -0.2) is 9.97 Å². The van der Waals surface area contributed by atoms with Crippen molar-refractivity contribution in [3.05, 3.63) is 66.4 Å². The summed E-state index contributed by atoms with van der Waals surface area (Å²) in [4.78, 5) is 45.8. The Morgan fingerprint density at radius 2 is 1.74 bits per heavy atom. The number of aromatic nitrogens is 2. The van der Waals surface area contributed by atoms with Crippen LogP contribution in [0.5, 0.6) is 0 Å². The quantitative estimate of drug-likeness (QED) is 0.512. The van der Waals surface area contributed by atoms with Crippen LogP contribution in [0.15, 0.2) is 60.8 Å². The SMILES string of the molecule is CC(=O)Nc1ccc(-c2ccnc(Nc3cccc(C(=O)N4CCC(C(=O)O)CC4)c3)n2)cc1. The van der Waals surface area contributed by atoms with Gasteiger partial charge >= 0.3 is 5.97 Å². The van der Waals surface area contributed by atoms with Crippen LogP contribution in [0, 0.1) is 5.92 Å². The zero-order valence-corrected chi connectivity index (χ0v) is 18.7. The number of benzene rings is 2. The van der Waals surface area contributed by atoms with Gasteiger partial charge in [-0.2, -0.15) is 0 Å². The third-order valence-corrected chi connectivity index (χ3v) is 5.65. The number of carboxylic acid groups (broad SMARTS) is 1. The first kappa shape index (κ1) is 22.9. The molecule has 1 saturated heterocycles. The molecular weight excluding hydrogens is 434 g/mol. The van der Waals surface area contributed by atoms with Crippen LogP contribution in [0.1, 0.15) is 30.1 Å². The molecule has 0 spiro atoms. The maximum absolute atomic E-state index is 12.9. The molecule has 9 nitrogen and oxygen atoms in total. The van der Waals surface area contributed by atoms with E-state index in [9.17, 15) is 14.4 Å². The number of aliphatic carboxylic acids is 1. The van der Waals surface area contributed by atoms with E-state index < -0.39 is 5.97 Å². The number of carbonyl (C=O) groups is 3. The van der Waals surface area contributed by atoms with Gasteiger partial charge in [0.25, 0.3) is 5.91 Å². The molecule has 4 rings (SSSR count). The van der Waals surface area contributed by atoms with Gasteiger partial charge in [0, 0.05) is 48.7 Å². The maximum atomic E-state index is 12.9. The molecule has 0 unspecified atom stereocenters. The third-order valence-electron chi connectivity index (χ3n) is 5.65. The lowest BCUT2D eigenvalue weighted by atomic mass is 9.96. The standard InChI is InChI=1S/C25H25N5O4/c1-16(31)27-20-7-5-17(6-8-20)22-9-12-26-25(29-22)28-21-4-2-3-19(15-21)23(32)30-13-10-18(11-14-30)24(33)34/h2-9,12,15,18H,10-11,13-14H2,1H3,(H,27,31)(H,33,34)(H,26,28,29). The number of nitrogens with zero attached hydrogens (tertiary/aromatic N) is 3. The van der Waals surface area contributed by atoms with Crippen molar-refractivity contribution in [2.75, 3.05) is 23.7 Å². The Morgan fingerprint density at radius 3 is 2.41 bits per heavy atom. The molecule has 1 aliphatic rings. The Kier molecular flexibility index (Phi) is 6.82. The first-order chi connectivity index (χ1) is 16.4. The van der Waals surface area contributed by atoms with Gasteiger partial charge in [0.1, 0.15) is 0 Å². The Balaban J connectivity index is 1.45. The summed E-state index contributed by atoms with van der Waals surface area (Å²) in [5.41, 5.74) is 3.47. The molecule has 0 atom stereocenters. The fourth-order valence-electron chi connectivity index (χ4n) is 3.88. The molecule has 0 aliphatic carbocycles. The second-order valence-electron chi connectivity index (χ2n) is 8.13. The highest BCUT2D eigenvalue weighted by molar-refractivity contribution is 5.95. The van der Waals surface area contributed by atoms with E-state index in [-0.39, 0.29) is 17.7 Å². The average Bonchev–Trinajstić information content (AvgIpc) is 2.84. The average molecular weight is 460 g/mol. The minimum absolute atomic E-state index is 0.124. The van der Waals surface area contributed by atoms with E-state index in [2.05, 4.69) is 20.6 Å². The minimum atomic E-state index is -0.802. The molecule has 0 saturated carbocycles. The molecule has 34 heavy (non-hydrogen) atoms. The van der Waals surface area contributed by atoms with Crippen molar-refractivity contribution < 1.29 is 19.5 Å². The first-order valence-electron chi connectivity index (χ1n) is 11.0. The predicted octanol–water partition coefficient (Wildman–Crippen LogP) is 3.78. The fraction of sp³-hybridized carbons (Fsp3) is 0.240. The van der Waals surface area contributed by atoms with E-state index >= 15 is 0 Å². The molecule has 0 radical (unpaired) electrons. The monoisotopic (exact) mass is 459 g/mol. The number of rotatable bonds is 6. The van der Waals surface area contributed by atoms with Crippen LogP contribution >= 0.6 is 0 Å². The number of likely N-dealkylation sites (tertiary alicyclic amines) is 1. The lowest BCUT2D eigenvalue weighted by Crippen LogP contribution is -2.40. The zero-order chi connectivity index (χ0) is 24.1. The molecule has 174 valence electrons. The van der Waals surface area contributed by atoms with E-state index in [4.69, 9.17) is 5.11 Å². The third kappa shape index (κ3) is 5.55. The van der Waals surface area contributed by atoms with Crippen molar-refractivity contribution in [2.45, 2.75) is 19.8 Å². The van der Waals surface area contributed by atoms with Crippen LogP contribution in [-0.4, -0.2) is 50.8 Å². The van der Waals surface area contributed by atoms with Crippen LogP contribution in [0.25, 0.3) is 11.3 Å². The van der Waals surface area contributed by atoms with E-state index in [0.29, 0.717) is 54.5 Å². The Bertz CT molecular complexity index is 1200. The number of carbonyl (C=O) groups excluding carboxylic acids is 2. The van der Waals surface area contributed by atoms with Crippen molar-refractivity contribution in [1.82, 2.24) is 14.9 Å². The van der Waals surface area contributed by atoms with Gasteiger partial charge in [0.2, 0.25) is 11.9 Å². The molecule has 1 aliphatic heterocycles. The van der Waals surface area contributed by atoms with Crippen molar-refractivity contribution in [1.29, 1.82) is 0 Å². The lowest BCUT2D eigenvalue weighted by molar-refractivity contribution is -0.143. The van der Waals surface area contributed by atoms with Gasteiger partial charge in [-0.3, -0.25) is 14.4 Å². The number of piperidine rings is 1. The number of amides is 2. The summed E-state index contributed by atoms with van der Waals surface area (Å²) in [5, 5.41) is 15.0. The summed E-state index contributed by atoms with van der Waals surface area (Å²) in [5.74, 6) is -1.06. The smallest absolute Gasteiger partial charge is 0.306 e. The normalized spacial score (nSPS) is 13.9. The molecule has 2 aromatic carbocycles. The highest BCUT2D eigenvalue weighted by Gasteiger charge is 2.27. The van der Waals surface area contributed by atoms with Crippen LogP contribution in [0.4, 0.5) is 17.3 Å². The summed E-state index contributed by atoms with van der Waals surface area (Å²) in [7, 11) is 0. The van der Waals surface area contributed by atoms with Crippen LogP contribution in [-0.2, 0) is 9.59 Å². The molecular formula is C25H25N5O4. The van der Waals surface area contributed by atoms with Crippen LogP contribution in [0.3, 0.4) is 0 Å². The first-order valence-corrected chi connectivity index (χ1v) is 11.0. The van der Waals surface area contributed by atoms with Crippen molar-refractivity contribution in [3.8, 4) is 11.3 Å². The molecule has 0 bridgehead atoms. The number of carboxylic acids is 1. The van der Waals surface area contributed by atoms with Gasteiger partial charge in [-0.15, -0.1) is 0 Å². The van der Waals surface area contributed by atoms with Gasteiger partial charge in [0.05, 0.1) is 11.6 Å². The summed E-state index contributed by atoms with van der Waals surface area (Å²) in [6.07, 6.45) is 2.57. The fourth-order valence-corrected chi connectivity index (χ4v) is 3.88. The van der Waals surface area contributed by atoms with E-state index in [0.717, 1.165) is 5.56 Å². The van der Waals surface area contributed by atoms with Crippen molar-refractivity contribution >= 4 is 35.1 Å². The number of anilines is 3. The van der Waals surface area contributed by atoms with Crippen molar-refractivity contribution in [3.63, 3.8) is 0 Å². The minimum Gasteiger partial charge on any atom is -0.481 e. The summed E-state index contributed by atoms with van der Waals surface area (Å²) in [6.45, 7) is 2.32. The van der Waals surface area contributed by atoms with Crippen LogP contribution in [0.2, 0.25) is 0 Å². The Hall–Kier alpha value is -4.27. The van der Waals surface area contributed by atoms with Crippen LogP contribution < -0.4 is 10.6 Å². The molecule has 2 amide bonds. The number of hydrogen-bond acceptors (Lipinski definition) is 6. The predicted molar refractivity (Wildman–Crippen MR) is 128 cm³/mol. The lowest BCUT2D eigenvalue weighted by Gasteiger charge is -2.30. The summed E-state index contributed by atoms with van der Waals surface area (Å²) < 4.78 is 0. The number of hydrogen-bond donors (Lipinski definition) is 3. The molecule has 2 heterocycles. The largest absolute Gasteiger partial charge is 0.481 e. The molecule has 3 N–H and O–H groups in total. The number of nitrogens with one attached hydrogen (secondary N) is 2. The summed E-state index contributed by atoms with van der Waals surface area (Å²) in [6, 6.07) is 16.2. The highest BCUT2D eigenvalue weighted by Crippen LogP contribution is 2.23. The van der Waals surface area contributed by atoms with E-state index in [1.165, 1.54) is 6.92 Å². The van der Waals surface area contributed by atoms with Gasteiger partial charge in [-0.05, 0) is 49.2 Å². The van der Waals surface area contributed by atoms with Gasteiger partial charge in [-0.1, -0.05) is 18.2 Å². The van der Waals surface area contributed by atoms with Gasteiger partial charge in [0.15, 0.2) is 0 Å². The molecule has 9 heteroatoms. The maximum Gasteiger partial charge on any atom is 0.306 e. The highest BCUT2D eigenvalue weighted by atomic mass is 16.4. The van der Waals surface area contributed by atoms with Gasteiger partial charge < -0.3 is 20.6 Å². The molecule has 1 fully saturated rings. The van der Waals surface area contributed by atoms with E-state index in [1.54, 1.807) is 47.5 Å². The molecule has 1 aromatic heterocycles. The Morgan fingerprint density at radius 1 is 1.00 bits per heavy atom. The van der Waals surface area contributed by atoms with E-state index in [1.807, 2.05) is 18.2 Å².